The zero-order valence-corrected chi connectivity index (χ0v) is 12.9. The van der Waals surface area contributed by atoms with Crippen molar-refractivity contribution in [2.45, 2.75) is 0 Å². The maximum Gasteiger partial charge on any atom is 0.323 e. The second-order valence-corrected chi connectivity index (χ2v) is 5.42. The van der Waals surface area contributed by atoms with Gasteiger partial charge in [0.25, 0.3) is 5.91 Å². The van der Waals surface area contributed by atoms with E-state index < -0.39 is 24.2 Å². The molecule has 2 aromatic carbocycles. The number of hydrogen-bond donors (Lipinski definition) is 2. The maximum absolute atomic E-state index is 14.1. The van der Waals surface area contributed by atoms with Gasteiger partial charge >= 0.3 is 5.97 Å². The zero-order valence-electron chi connectivity index (χ0n) is 11.3. The molecule has 0 aliphatic rings. The molecular weight excluding hydrogens is 355 g/mol. The molecule has 0 aliphatic carbocycles. The van der Waals surface area contributed by atoms with Crippen molar-refractivity contribution in [1.29, 1.82) is 0 Å². The van der Waals surface area contributed by atoms with Crippen molar-refractivity contribution in [3.05, 3.63) is 58.3 Å². The highest BCUT2D eigenvalue weighted by atomic mass is 79.9. The molecule has 0 bridgehead atoms. The summed E-state index contributed by atoms with van der Waals surface area (Å²) in [5, 5.41) is 8.99. The molecule has 0 radical (unpaired) electrons. The van der Waals surface area contributed by atoms with Crippen LogP contribution in [0.2, 0.25) is 0 Å². The zero-order chi connectivity index (χ0) is 16.3. The summed E-state index contributed by atoms with van der Waals surface area (Å²) in [7, 11) is 0. The van der Waals surface area contributed by atoms with Crippen molar-refractivity contribution >= 4 is 39.2 Å². The minimum Gasteiger partial charge on any atom is -0.480 e. The number of carboxylic acids is 1. The summed E-state index contributed by atoms with van der Waals surface area (Å²) in [6, 6.07) is 10.1. The van der Waals surface area contributed by atoms with Gasteiger partial charge in [-0.05, 0) is 36.4 Å². The average molecular weight is 367 g/mol. The van der Waals surface area contributed by atoms with Crippen LogP contribution in [0, 0.1) is 5.82 Å². The summed E-state index contributed by atoms with van der Waals surface area (Å²) in [6.45, 7) is -0.661. The number of nitrogen functional groups attached to an aromatic ring is 1. The van der Waals surface area contributed by atoms with E-state index in [9.17, 15) is 14.0 Å². The number of nitrogens with two attached hydrogens (primary N) is 1. The standard InChI is InChI=1S/C15H12BrFN2O3/c16-10-4-5-13(12(17)7-10)19(8-14(20)21)15(22)9-2-1-3-11(18)6-9/h1-7H,8,18H2,(H,20,21). The number of carbonyl (C=O) groups is 2. The fraction of sp³-hybridized carbons (Fsp3) is 0.0667. The van der Waals surface area contributed by atoms with Gasteiger partial charge < -0.3 is 10.8 Å². The summed E-state index contributed by atoms with van der Waals surface area (Å²) in [5.41, 5.74) is 6.05. The second-order valence-electron chi connectivity index (χ2n) is 4.51. The Morgan fingerprint density at radius 2 is 1.95 bits per heavy atom. The lowest BCUT2D eigenvalue weighted by atomic mass is 10.1. The molecule has 3 N–H and O–H groups in total. The number of nitrogens with zero attached hydrogens (tertiary/aromatic N) is 1. The summed E-state index contributed by atoms with van der Waals surface area (Å²) in [6.07, 6.45) is 0. The molecule has 5 nitrogen and oxygen atoms in total. The Hall–Kier alpha value is -2.41. The molecule has 0 heterocycles. The van der Waals surface area contributed by atoms with Crippen LogP contribution in [0.5, 0.6) is 0 Å². The normalized spacial score (nSPS) is 10.3. The molecule has 114 valence electrons. The van der Waals surface area contributed by atoms with E-state index in [-0.39, 0.29) is 11.3 Å². The smallest absolute Gasteiger partial charge is 0.323 e. The van der Waals surface area contributed by atoms with E-state index in [2.05, 4.69) is 15.9 Å². The molecule has 0 saturated carbocycles. The molecule has 0 spiro atoms. The van der Waals surface area contributed by atoms with Crippen molar-refractivity contribution in [2.75, 3.05) is 17.2 Å². The minimum absolute atomic E-state index is 0.113. The highest BCUT2D eigenvalue weighted by Crippen LogP contribution is 2.25. The van der Waals surface area contributed by atoms with Crippen molar-refractivity contribution in [3.8, 4) is 0 Å². The van der Waals surface area contributed by atoms with Crippen LogP contribution in [0.15, 0.2) is 46.9 Å². The van der Waals surface area contributed by atoms with Crippen LogP contribution in [0.1, 0.15) is 10.4 Å². The van der Waals surface area contributed by atoms with Crippen LogP contribution in [0.25, 0.3) is 0 Å². The third kappa shape index (κ3) is 3.62. The second kappa shape index (κ2) is 6.57. The molecule has 0 aromatic heterocycles. The highest BCUT2D eigenvalue weighted by molar-refractivity contribution is 9.10. The minimum atomic E-state index is -1.25. The Kier molecular flexibility index (Phi) is 4.77. The summed E-state index contributed by atoms with van der Waals surface area (Å²) in [4.78, 5) is 24.4. The molecule has 0 fully saturated rings. The summed E-state index contributed by atoms with van der Waals surface area (Å²) >= 11 is 3.11. The molecular formula is C15H12BrFN2O3. The van der Waals surface area contributed by atoms with Gasteiger partial charge in [0.1, 0.15) is 12.4 Å². The number of benzene rings is 2. The fourth-order valence-corrected chi connectivity index (χ4v) is 2.26. The van der Waals surface area contributed by atoms with Crippen LogP contribution >= 0.6 is 15.9 Å². The van der Waals surface area contributed by atoms with Crippen molar-refractivity contribution in [2.24, 2.45) is 0 Å². The molecule has 0 aliphatic heterocycles. The molecule has 0 unspecified atom stereocenters. The first-order valence-electron chi connectivity index (χ1n) is 6.22. The molecule has 2 aromatic rings. The lowest BCUT2D eigenvalue weighted by Crippen LogP contribution is -2.36. The first kappa shape index (κ1) is 16.0. The Balaban J connectivity index is 2.45. The lowest BCUT2D eigenvalue weighted by Gasteiger charge is -2.21. The average Bonchev–Trinajstić information content (AvgIpc) is 2.44. The number of carbonyl (C=O) groups excluding carboxylic acids is 1. The van der Waals surface area contributed by atoms with E-state index in [1.165, 1.54) is 24.3 Å². The molecule has 0 atom stereocenters. The number of amides is 1. The largest absolute Gasteiger partial charge is 0.480 e. The van der Waals surface area contributed by atoms with Gasteiger partial charge in [-0.1, -0.05) is 22.0 Å². The van der Waals surface area contributed by atoms with Gasteiger partial charge in [0.15, 0.2) is 0 Å². The van der Waals surface area contributed by atoms with Gasteiger partial charge in [-0.25, -0.2) is 4.39 Å². The Bertz CT molecular complexity index is 736. The van der Waals surface area contributed by atoms with Gasteiger partial charge in [-0.15, -0.1) is 0 Å². The van der Waals surface area contributed by atoms with Crippen LogP contribution in [0.3, 0.4) is 0 Å². The van der Waals surface area contributed by atoms with Crippen LogP contribution in [0.4, 0.5) is 15.8 Å². The van der Waals surface area contributed by atoms with E-state index in [0.29, 0.717) is 10.2 Å². The lowest BCUT2D eigenvalue weighted by molar-refractivity contribution is -0.135. The van der Waals surface area contributed by atoms with Crippen LogP contribution in [-0.4, -0.2) is 23.5 Å². The van der Waals surface area contributed by atoms with Crippen molar-refractivity contribution in [3.63, 3.8) is 0 Å². The first-order chi connectivity index (χ1) is 10.4. The number of anilines is 2. The number of halogens is 2. The number of hydrogen-bond acceptors (Lipinski definition) is 3. The van der Waals surface area contributed by atoms with Crippen LogP contribution in [-0.2, 0) is 4.79 Å². The third-order valence-electron chi connectivity index (χ3n) is 2.87. The molecule has 7 heteroatoms. The third-order valence-corrected chi connectivity index (χ3v) is 3.37. The van der Waals surface area contributed by atoms with Gasteiger partial charge in [-0.2, -0.15) is 0 Å². The quantitative estimate of drug-likeness (QED) is 0.814. The number of carboxylic acid groups (broad SMARTS) is 1. The van der Waals surface area contributed by atoms with Gasteiger partial charge in [0.05, 0.1) is 5.69 Å². The van der Waals surface area contributed by atoms with Gasteiger partial charge in [0.2, 0.25) is 0 Å². The SMILES string of the molecule is Nc1cccc(C(=O)N(CC(=O)O)c2ccc(Br)cc2F)c1. The predicted molar refractivity (Wildman–Crippen MR) is 84.3 cm³/mol. The highest BCUT2D eigenvalue weighted by Gasteiger charge is 2.23. The Morgan fingerprint density at radius 3 is 2.55 bits per heavy atom. The van der Waals surface area contributed by atoms with E-state index in [4.69, 9.17) is 10.8 Å². The summed E-state index contributed by atoms with van der Waals surface area (Å²) in [5.74, 6) is -2.59. The number of aliphatic carboxylic acids is 1. The van der Waals surface area contributed by atoms with E-state index in [0.717, 1.165) is 11.0 Å². The van der Waals surface area contributed by atoms with E-state index >= 15 is 0 Å². The fourth-order valence-electron chi connectivity index (χ4n) is 1.93. The number of rotatable bonds is 4. The first-order valence-corrected chi connectivity index (χ1v) is 7.02. The predicted octanol–water partition coefficient (Wildman–Crippen LogP) is 2.90. The van der Waals surface area contributed by atoms with Gasteiger partial charge in [0, 0.05) is 15.7 Å². The molecule has 1 amide bonds. The molecule has 2 rings (SSSR count). The van der Waals surface area contributed by atoms with Gasteiger partial charge in [-0.3, -0.25) is 14.5 Å². The maximum atomic E-state index is 14.1. The van der Waals surface area contributed by atoms with Crippen LogP contribution < -0.4 is 10.6 Å². The van der Waals surface area contributed by atoms with Crippen molar-refractivity contribution in [1.82, 2.24) is 0 Å². The van der Waals surface area contributed by atoms with Crippen molar-refractivity contribution < 1.29 is 19.1 Å². The Labute approximate surface area is 134 Å². The topological polar surface area (TPSA) is 83.6 Å². The van der Waals surface area contributed by atoms with E-state index in [1.54, 1.807) is 12.1 Å². The summed E-state index contributed by atoms with van der Waals surface area (Å²) < 4.78 is 14.6. The monoisotopic (exact) mass is 366 g/mol. The molecule has 22 heavy (non-hydrogen) atoms. The molecule has 0 saturated heterocycles. The Morgan fingerprint density at radius 1 is 1.23 bits per heavy atom. The van der Waals surface area contributed by atoms with E-state index in [1.807, 2.05) is 0 Å².